The number of nitrogens with zero attached hydrogens (tertiary/aromatic N) is 1. The maximum Gasteiger partial charge on any atom is 0.126 e. The molecule has 0 fully saturated rings. The second-order valence-corrected chi connectivity index (χ2v) is 3.74. The Labute approximate surface area is 96.1 Å². The average molecular weight is 239 g/mol. The van der Waals surface area contributed by atoms with E-state index in [1.165, 1.54) is 18.3 Å². The normalized spacial score (nSPS) is 12.6. The number of nitrogens with one attached hydrogen (secondary N) is 1. The van der Waals surface area contributed by atoms with Crippen molar-refractivity contribution >= 4 is 5.82 Å². The molecule has 90 valence electrons. The molecule has 2 aromatic rings. The van der Waals surface area contributed by atoms with Crippen LogP contribution >= 0.6 is 0 Å². The van der Waals surface area contributed by atoms with E-state index in [1.807, 2.05) is 0 Å². The Kier molecular flexibility index (Phi) is 3.06. The maximum absolute atomic E-state index is 12.9. The molecule has 2 rings (SSSR count). The first-order valence-corrected chi connectivity index (χ1v) is 4.98. The minimum Gasteiger partial charge on any atom is -0.388 e. The van der Waals surface area contributed by atoms with Gasteiger partial charge in [-0.15, -0.1) is 0 Å². The zero-order valence-electron chi connectivity index (χ0n) is 8.82. The Morgan fingerprint density at radius 2 is 1.94 bits per heavy atom. The topological polar surface area (TPSA) is 74.9 Å². The lowest BCUT2D eigenvalue weighted by molar-refractivity contribution is 0.179. The van der Waals surface area contributed by atoms with Crippen molar-refractivity contribution in [1.29, 1.82) is 0 Å². The van der Waals surface area contributed by atoms with Gasteiger partial charge in [-0.2, -0.15) is 5.10 Å². The minimum absolute atomic E-state index is 0.0679. The molecule has 0 bridgehead atoms. The van der Waals surface area contributed by atoms with Gasteiger partial charge in [0, 0.05) is 18.1 Å². The van der Waals surface area contributed by atoms with Gasteiger partial charge in [0.1, 0.15) is 17.5 Å². The lowest BCUT2D eigenvalue weighted by Crippen LogP contribution is -2.04. The number of anilines is 1. The molecule has 1 aromatic carbocycles. The third-order valence-corrected chi connectivity index (χ3v) is 2.41. The average Bonchev–Trinajstić information content (AvgIpc) is 2.62. The number of hydrogen-bond donors (Lipinski definition) is 3. The summed E-state index contributed by atoms with van der Waals surface area (Å²) in [5.41, 5.74) is 6.30. The van der Waals surface area contributed by atoms with Gasteiger partial charge in [0.15, 0.2) is 0 Å². The third kappa shape index (κ3) is 2.59. The first-order valence-electron chi connectivity index (χ1n) is 4.98. The van der Waals surface area contributed by atoms with Crippen molar-refractivity contribution in [3.05, 3.63) is 47.2 Å². The van der Waals surface area contributed by atoms with Gasteiger partial charge in [-0.1, -0.05) is 0 Å². The molecule has 4 nitrogen and oxygen atoms in total. The van der Waals surface area contributed by atoms with E-state index in [0.717, 1.165) is 6.07 Å². The van der Waals surface area contributed by atoms with Crippen molar-refractivity contribution in [2.45, 2.75) is 12.5 Å². The number of aliphatic hydroxyl groups excluding tert-OH is 1. The molecule has 1 atom stereocenters. The van der Waals surface area contributed by atoms with Crippen molar-refractivity contribution < 1.29 is 13.9 Å². The lowest BCUT2D eigenvalue weighted by atomic mass is 10.0. The predicted octanol–water partition coefficient (Wildman–Crippen LogP) is 1.55. The zero-order chi connectivity index (χ0) is 12.4. The van der Waals surface area contributed by atoms with Crippen LogP contribution in [0.15, 0.2) is 24.4 Å². The maximum atomic E-state index is 12.9. The molecular weight excluding hydrogens is 228 g/mol. The van der Waals surface area contributed by atoms with Crippen molar-refractivity contribution in [1.82, 2.24) is 10.2 Å². The van der Waals surface area contributed by atoms with Gasteiger partial charge in [-0.25, -0.2) is 8.78 Å². The molecule has 0 aliphatic heterocycles. The van der Waals surface area contributed by atoms with Crippen LogP contribution < -0.4 is 5.73 Å². The molecule has 17 heavy (non-hydrogen) atoms. The van der Waals surface area contributed by atoms with Gasteiger partial charge >= 0.3 is 0 Å². The van der Waals surface area contributed by atoms with E-state index < -0.39 is 17.7 Å². The highest BCUT2D eigenvalue weighted by Crippen LogP contribution is 2.22. The number of nitrogen functional groups attached to an aromatic ring is 1. The molecule has 6 heteroatoms. The summed E-state index contributed by atoms with van der Waals surface area (Å²) in [6, 6.07) is 3.12. The largest absolute Gasteiger partial charge is 0.388 e. The Balaban J connectivity index is 2.18. The Bertz CT molecular complexity index is 507. The van der Waals surface area contributed by atoms with Crippen LogP contribution in [0.25, 0.3) is 0 Å². The Morgan fingerprint density at radius 3 is 2.47 bits per heavy atom. The Hall–Kier alpha value is -1.95. The highest BCUT2D eigenvalue weighted by Gasteiger charge is 2.14. The smallest absolute Gasteiger partial charge is 0.126 e. The molecule has 0 radical (unpaired) electrons. The van der Waals surface area contributed by atoms with Gasteiger partial charge in [0.05, 0.1) is 12.3 Å². The summed E-state index contributed by atoms with van der Waals surface area (Å²) in [5.74, 6) is -1.10. The molecule has 0 aliphatic carbocycles. The van der Waals surface area contributed by atoms with E-state index >= 15 is 0 Å². The number of nitrogens with two attached hydrogens (primary N) is 1. The first-order chi connectivity index (χ1) is 8.06. The van der Waals surface area contributed by atoms with Gasteiger partial charge in [-0.05, 0) is 17.7 Å². The molecule has 0 spiro atoms. The molecule has 1 aromatic heterocycles. The van der Waals surface area contributed by atoms with E-state index in [9.17, 15) is 13.9 Å². The highest BCUT2D eigenvalue weighted by atomic mass is 19.1. The SMILES string of the molecule is Nc1[nH]ncc1C(O)Cc1cc(F)cc(F)c1. The molecule has 0 saturated carbocycles. The van der Waals surface area contributed by atoms with Crippen molar-refractivity contribution in [3.63, 3.8) is 0 Å². The molecule has 0 aliphatic rings. The highest BCUT2D eigenvalue weighted by molar-refractivity contribution is 5.39. The summed E-state index contributed by atoms with van der Waals surface area (Å²) in [5, 5.41) is 16.0. The number of H-pyrrole nitrogens is 1. The van der Waals surface area contributed by atoms with Gasteiger partial charge < -0.3 is 10.8 Å². The summed E-state index contributed by atoms with van der Waals surface area (Å²) in [7, 11) is 0. The quantitative estimate of drug-likeness (QED) is 0.760. The number of aliphatic hydroxyl groups is 1. The van der Waals surface area contributed by atoms with E-state index in [0.29, 0.717) is 11.1 Å². The second-order valence-electron chi connectivity index (χ2n) is 3.74. The van der Waals surface area contributed by atoms with E-state index in [4.69, 9.17) is 5.73 Å². The number of rotatable bonds is 3. The molecule has 1 heterocycles. The fraction of sp³-hybridized carbons (Fsp3) is 0.182. The van der Waals surface area contributed by atoms with Crippen LogP contribution in [0.1, 0.15) is 17.2 Å². The summed E-state index contributed by atoms with van der Waals surface area (Å²) in [6.45, 7) is 0. The third-order valence-electron chi connectivity index (χ3n) is 2.41. The number of hydrogen-bond acceptors (Lipinski definition) is 3. The first kappa shape index (κ1) is 11.5. The molecule has 1 unspecified atom stereocenters. The van der Waals surface area contributed by atoms with Gasteiger partial charge in [0.2, 0.25) is 0 Å². The zero-order valence-corrected chi connectivity index (χ0v) is 8.82. The van der Waals surface area contributed by atoms with Gasteiger partial charge in [-0.3, -0.25) is 5.10 Å². The van der Waals surface area contributed by atoms with Crippen molar-refractivity contribution in [2.24, 2.45) is 0 Å². The van der Waals surface area contributed by atoms with Crippen LogP contribution in [0.4, 0.5) is 14.6 Å². The summed E-state index contributed by atoms with van der Waals surface area (Å²) in [6.07, 6.45) is 0.503. The Morgan fingerprint density at radius 1 is 1.29 bits per heavy atom. The van der Waals surface area contributed by atoms with Crippen LogP contribution in [0.3, 0.4) is 0 Å². The summed E-state index contributed by atoms with van der Waals surface area (Å²) >= 11 is 0. The lowest BCUT2D eigenvalue weighted by Gasteiger charge is -2.09. The van der Waals surface area contributed by atoms with Crippen LogP contribution in [0.5, 0.6) is 0 Å². The van der Waals surface area contributed by atoms with Crippen molar-refractivity contribution in [2.75, 3.05) is 5.73 Å². The molecular formula is C11H11F2N3O. The predicted molar refractivity (Wildman–Crippen MR) is 58.0 cm³/mol. The van der Waals surface area contributed by atoms with E-state index in [2.05, 4.69) is 10.2 Å². The monoisotopic (exact) mass is 239 g/mol. The second kappa shape index (κ2) is 4.50. The van der Waals surface area contributed by atoms with Crippen LogP contribution in [0, 0.1) is 11.6 Å². The standard InChI is InChI=1S/C11H11F2N3O/c12-7-1-6(2-8(13)4-7)3-10(17)9-5-15-16-11(9)14/h1-2,4-5,10,17H,3H2,(H3,14,15,16). The van der Waals surface area contributed by atoms with Crippen LogP contribution in [0.2, 0.25) is 0 Å². The number of benzene rings is 1. The van der Waals surface area contributed by atoms with Crippen molar-refractivity contribution in [3.8, 4) is 0 Å². The summed E-state index contributed by atoms with van der Waals surface area (Å²) < 4.78 is 25.9. The number of halogens is 2. The van der Waals surface area contributed by atoms with Crippen LogP contribution in [-0.4, -0.2) is 15.3 Å². The van der Waals surface area contributed by atoms with E-state index in [1.54, 1.807) is 0 Å². The minimum atomic E-state index is -0.949. The number of aromatic nitrogens is 2. The molecule has 4 N–H and O–H groups in total. The van der Waals surface area contributed by atoms with Gasteiger partial charge in [0.25, 0.3) is 0 Å². The molecule has 0 amide bonds. The summed E-state index contributed by atoms with van der Waals surface area (Å²) in [4.78, 5) is 0. The van der Waals surface area contributed by atoms with E-state index in [-0.39, 0.29) is 12.2 Å². The fourth-order valence-corrected chi connectivity index (χ4v) is 1.63. The number of aromatic amines is 1. The molecule has 0 saturated heterocycles. The fourth-order valence-electron chi connectivity index (χ4n) is 1.63. The van der Waals surface area contributed by atoms with Crippen LogP contribution in [-0.2, 0) is 6.42 Å².